The molecule has 1 aromatic heterocycles. The van der Waals surface area contributed by atoms with E-state index in [1.54, 1.807) is 30.0 Å². The fraction of sp³-hybridized carbons (Fsp3) is 0.393. The minimum absolute atomic E-state index is 0.0719. The highest BCUT2D eigenvalue weighted by Crippen LogP contribution is 2.43. The van der Waals surface area contributed by atoms with Crippen molar-refractivity contribution < 1.29 is 14.0 Å². The van der Waals surface area contributed by atoms with E-state index in [4.69, 9.17) is 5.10 Å². The molecule has 1 unspecified atom stereocenters. The molecule has 0 spiro atoms. The first kappa shape index (κ1) is 26.1. The molecule has 1 N–H and O–H groups in total. The molecular weight excluding hydrogens is 443 g/mol. The van der Waals surface area contributed by atoms with E-state index >= 15 is 0 Å². The van der Waals surface area contributed by atoms with E-state index in [-0.39, 0.29) is 17.9 Å². The van der Waals surface area contributed by atoms with Crippen molar-refractivity contribution in [2.75, 3.05) is 11.4 Å². The number of carbonyl (C=O) groups is 2. The third kappa shape index (κ3) is 5.14. The molecule has 2 aromatic rings. The van der Waals surface area contributed by atoms with Gasteiger partial charge in [-0.2, -0.15) is 5.10 Å². The summed E-state index contributed by atoms with van der Waals surface area (Å²) in [4.78, 5) is 28.8. The van der Waals surface area contributed by atoms with Crippen LogP contribution in [0.1, 0.15) is 73.3 Å². The molecule has 6 nitrogen and oxygen atoms in total. The maximum absolute atomic E-state index is 13.9. The molecule has 0 aliphatic carbocycles. The van der Waals surface area contributed by atoms with Crippen LogP contribution in [0, 0.1) is 13.8 Å². The zero-order chi connectivity index (χ0) is 25.9. The molecule has 2 amide bonds. The van der Waals surface area contributed by atoms with Gasteiger partial charge in [-0.15, -0.1) is 0 Å². The molecule has 0 saturated heterocycles. The van der Waals surface area contributed by atoms with Gasteiger partial charge in [-0.05, 0) is 64.8 Å². The van der Waals surface area contributed by atoms with Crippen molar-refractivity contribution in [3.05, 3.63) is 82.9 Å². The van der Waals surface area contributed by atoms with Crippen molar-refractivity contribution in [2.24, 2.45) is 0 Å². The smallest absolute Gasteiger partial charge is 0.251 e. The lowest BCUT2D eigenvalue weighted by molar-refractivity contribution is -0.121. The van der Waals surface area contributed by atoms with E-state index in [0.717, 1.165) is 29.1 Å². The van der Waals surface area contributed by atoms with Crippen molar-refractivity contribution in [1.82, 2.24) is 15.1 Å². The molecular formula is C28H35FN4O2. The van der Waals surface area contributed by atoms with Gasteiger partial charge in [-0.25, -0.2) is 9.07 Å². The van der Waals surface area contributed by atoms with Crippen LogP contribution in [0.25, 0.3) is 0 Å². The zero-order valence-corrected chi connectivity index (χ0v) is 21.4. The van der Waals surface area contributed by atoms with Crippen LogP contribution in [0.3, 0.4) is 0 Å². The third-order valence-corrected chi connectivity index (χ3v) is 6.56. The largest absolute Gasteiger partial charge is 0.339 e. The van der Waals surface area contributed by atoms with Crippen molar-refractivity contribution in [2.45, 2.75) is 66.0 Å². The summed E-state index contributed by atoms with van der Waals surface area (Å²) in [6.07, 6.45) is 5.09. The monoisotopic (exact) mass is 478 g/mol. The van der Waals surface area contributed by atoms with Gasteiger partial charge in [-0.3, -0.25) is 14.5 Å². The standard InChI is InChI=1S/C28H35FN4O2/c1-8-19(6)33-27-24(20(7)31-33)23(18(5)14-15-22(29)9-2)25(28(35)32(27)10-3)30-26(34)21-13-11-12-17(4)16-21/h9,11-16,19,23,25H,5,8,10H2,1-4,6-7H3,(H,30,34)/b15-14-,22-9+/t19?,23-,25-/m0/s1. The molecule has 0 radical (unpaired) electrons. The summed E-state index contributed by atoms with van der Waals surface area (Å²) in [5, 5.41) is 7.74. The summed E-state index contributed by atoms with van der Waals surface area (Å²) >= 11 is 0. The van der Waals surface area contributed by atoms with Crippen LogP contribution in [0.4, 0.5) is 10.2 Å². The number of rotatable bonds is 8. The number of nitrogens with zero attached hydrogens (tertiary/aromatic N) is 3. The number of carbonyl (C=O) groups excluding carboxylic acids is 2. The van der Waals surface area contributed by atoms with Gasteiger partial charge in [0.05, 0.1) is 11.7 Å². The Hall–Kier alpha value is -3.48. The number of aryl methyl sites for hydroxylation is 2. The summed E-state index contributed by atoms with van der Waals surface area (Å²) in [5.41, 5.74) is 3.53. The lowest BCUT2D eigenvalue weighted by Gasteiger charge is -2.39. The Balaban J connectivity index is 2.16. The maximum Gasteiger partial charge on any atom is 0.251 e. The molecule has 3 atom stereocenters. The highest BCUT2D eigenvalue weighted by Gasteiger charge is 2.45. The molecule has 1 aliphatic heterocycles. The number of anilines is 1. The van der Waals surface area contributed by atoms with E-state index in [1.807, 2.05) is 37.6 Å². The Labute approximate surface area is 207 Å². The summed E-state index contributed by atoms with van der Waals surface area (Å²) < 4.78 is 15.8. The summed E-state index contributed by atoms with van der Waals surface area (Å²) in [6.45, 7) is 16.1. The average molecular weight is 479 g/mol. The number of hydrogen-bond acceptors (Lipinski definition) is 3. The van der Waals surface area contributed by atoms with Gasteiger partial charge in [0.15, 0.2) is 0 Å². The Morgan fingerprint density at radius 3 is 2.60 bits per heavy atom. The lowest BCUT2D eigenvalue weighted by Crippen LogP contribution is -2.55. The molecule has 2 heterocycles. The molecule has 186 valence electrons. The SMILES string of the molecule is C=C(/C=C\C(F)=C/C)[C@H]1c2c(C)nn(C(C)CC)c2N(CC)C(=O)[C@H]1NC(=O)c1cccc(C)c1. The second kappa shape index (κ2) is 10.8. The van der Waals surface area contributed by atoms with Crippen molar-refractivity contribution >= 4 is 17.6 Å². The topological polar surface area (TPSA) is 67.2 Å². The number of aromatic nitrogens is 2. The fourth-order valence-corrected chi connectivity index (χ4v) is 4.49. The van der Waals surface area contributed by atoms with Gasteiger partial charge in [0.25, 0.3) is 11.8 Å². The minimum atomic E-state index is -0.908. The highest BCUT2D eigenvalue weighted by atomic mass is 19.1. The highest BCUT2D eigenvalue weighted by molar-refractivity contribution is 6.05. The first-order valence-electron chi connectivity index (χ1n) is 12.1. The average Bonchev–Trinajstić information content (AvgIpc) is 3.18. The quantitative estimate of drug-likeness (QED) is 0.495. The fourth-order valence-electron chi connectivity index (χ4n) is 4.49. The minimum Gasteiger partial charge on any atom is -0.339 e. The summed E-state index contributed by atoms with van der Waals surface area (Å²) in [5.74, 6) is -0.864. The molecule has 0 saturated carbocycles. The second-order valence-electron chi connectivity index (χ2n) is 8.99. The summed E-state index contributed by atoms with van der Waals surface area (Å²) in [7, 11) is 0. The van der Waals surface area contributed by atoms with Crippen molar-refractivity contribution in [3.63, 3.8) is 0 Å². The van der Waals surface area contributed by atoms with E-state index in [2.05, 4.69) is 25.7 Å². The first-order valence-corrected chi connectivity index (χ1v) is 12.1. The van der Waals surface area contributed by atoms with Crippen LogP contribution >= 0.6 is 0 Å². The predicted molar refractivity (Wildman–Crippen MR) is 138 cm³/mol. The zero-order valence-electron chi connectivity index (χ0n) is 21.4. The van der Waals surface area contributed by atoms with Crippen LogP contribution in [0.15, 0.2) is 60.5 Å². The maximum atomic E-state index is 13.9. The van der Waals surface area contributed by atoms with E-state index < -0.39 is 17.8 Å². The third-order valence-electron chi connectivity index (χ3n) is 6.56. The number of benzene rings is 1. The molecule has 1 aromatic carbocycles. The predicted octanol–water partition coefficient (Wildman–Crippen LogP) is 5.71. The molecule has 1 aliphatic rings. The van der Waals surface area contributed by atoms with Crippen LogP contribution in [0.2, 0.25) is 0 Å². The van der Waals surface area contributed by atoms with E-state index in [1.165, 1.54) is 12.2 Å². The van der Waals surface area contributed by atoms with Crippen LogP contribution in [0.5, 0.6) is 0 Å². The van der Waals surface area contributed by atoms with Gasteiger partial charge in [0.2, 0.25) is 0 Å². The van der Waals surface area contributed by atoms with Gasteiger partial charge >= 0.3 is 0 Å². The van der Waals surface area contributed by atoms with Gasteiger partial charge in [0.1, 0.15) is 17.7 Å². The van der Waals surface area contributed by atoms with Crippen molar-refractivity contribution in [3.8, 4) is 0 Å². The summed E-state index contributed by atoms with van der Waals surface area (Å²) in [6, 6.07) is 6.38. The number of halogens is 1. The van der Waals surface area contributed by atoms with Crippen LogP contribution < -0.4 is 10.2 Å². The normalized spacial score (nSPS) is 19.1. The Kier molecular flexibility index (Phi) is 8.10. The molecule has 7 heteroatoms. The molecule has 35 heavy (non-hydrogen) atoms. The molecule has 0 bridgehead atoms. The Morgan fingerprint density at radius 2 is 2.00 bits per heavy atom. The number of amides is 2. The van der Waals surface area contributed by atoms with Gasteiger partial charge in [-0.1, -0.05) is 43.4 Å². The second-order valence-corrected chi connectivity index (χ2v) is 8.99. The number of allylic oxidation sites excluding steroid dienone is 4. The van der Waals surface area contributed by atoms with Gasteiger partial charge in [0, 0.05) is 23.6 Å². The number of hydrogen-bond donors (Lipinski definition) is 1. The van der Waals surface area contributed by atoms with E-state index in [9.17, 15) is 14.0 Å². The van der Waals surface area contributed by atoms with Gasteiger partial charge < -0.3 is 5.32 Å². The van der Waals surface area contributed by atoms with Crippen LogP contribution in [-0.2, 0) is 4.79 Å². The van der Waals surface area contributed by atoms with Crippen molar-refractivity contribution in [1.29, 1.82) is 0 Å². The first-order chi connectivity index (χ1) is 16.6. The van der Waals surface area contributed by atoms with E-state index in [0.29, 0.717) is 17.7 Å². The Morgan fingerprint density at radius 1 is 1.29 bits per heavy atom. The number of likely N-dealkylation sites (N-methyl/N-ethyl adjacent to an activating group) is 1. The molecule has 0 fully saturated rings. The lowest BCUT2D eigenvalue weighted by atomic mass is 9.81. The Bertz CT molecular complexity index is 1190. The number of fused-ring (bicyclic) bond motifs is 1. The van der Waals surface area contributed by atoms with Crippen LogP contribution in [-0.4, -0.2) is 34.2 Å². The molecule has 3 rings (SSSR count). The number of nitrogens with one attached hydrogen (secondary N) is 1.